The number of carbonyl (C=O) groups is 1. The van der Waals surface area contributed by atoms with Crippen LogP contribution in [0.3, 0.4) is 0 Å². The third-order valence-corrected chi connectivity index (χ3v) is 6.41. The molecule has 1 atom stereocenters. The van der Waals surface area contributed by atoms with E-state index in [0.29, 0.717) is 18.1 Å². The van der Waals surface area contributed by atoms with Gasteiger partial charge in [0.05, 0.1) is 10.5 Å². The smallest absolute Gasteiger partial charge is 0.416 e. The average Bonchev–Trinajstić information content (AvgIpc) is 3.06. The lowest BCUT2D eigenvalue weighted by Crippen LogP contribution is -2.58. The first kappa shape index (κ1) is 20.1. The second kappa shape index (κ2) is 7.09. The van der Waals surface area contributed by atoms with Gasteiger partial charge in [-0.05, 0) is 24.3 Å². The Hall–Kier alpha value is -2.60. The summed E-state index contributed by atoms with van der Waals surface area (Å²) >= 11 is 0. The van der Waals surface area contributed by atoms with Crippen molar-refractivity contribution in [3.05, 3.63) is 42.2 Å². The molecule has 2 aromatic rings. The fourth-order valence-electron chi connectivity index (χ4n) is 3.05. The number of aliphatic carboxylic acids is 1. The van der Waals surface area contributed by atoms with E-state index in [4.69, 9.17) is 0 Å². The van der Waals surface area contributed by atoms with Gasteiger partial charge in [-0.25, -0.2) is 13.4 Å². The zero-order valence-corrected chi connectivity index (χ0v) is 15.5. The van der Waals surface area contributed by atoms with Gasteiger partial charge in [0.15, 0.2) is 0 Å². The predicted octanol–water partition coefficient (Wildman–Crippen LogP) is 1.40. The number of sulfonamides is 1. The molecular formula is C16H17F3N4O4S. The molecule has 28 heavy (non-hydrogen) atoms. The number of piperazine rings is 1. The zero-order chi connectivity index (χ0) is 20.7. The van der Waals surface area contributed by atoms with Crippen LogP contribution in [0, 0.1) is 0 Å². The van der Waals surface area contributed by atoms with E-state index in [1.54, 1.807) is 22.7 Å². The summed E-state index contributed by atoms with van der Waals surface area (Å²) in [4.78, 5) is 17.1. The SMILES string of the molecule is Cn1ccnc1N1CCN(S(=O)(=O)c2ccc(C(F)(F)F)cc2)[C@@H](C(=O)O)C1. The summed E-state index contributed by atoms with van der Waals surface area (Å²) in [6.07, 6.45) is -1.38. The fraction of sp³-hybridized carbons (Fsp3) is 0.375. The van der Waals surface area contributed by atoms with E-state index in [0.717, 1.165) is 16.4 Å². The van der Waals surface area contributed by atoms with Gasteiger partial charge in [0, 0.05) is 39.1 Å². The summed E-state index contributed by atoms with van der Waals surface area (Å²) in [5.41, 5.74) is -0.985. The van der Waals surface area contributed by atoms with Crippen molar-refractivity contribution >= 4 is 21.9 Å². The Bertz CT molecular complexity index is 973. The van der Waals surface area contributed by atoms with Crippen molar-refractivity contribution in [1.29, 1.82) is 0 Å². The Balaban J connectivity index is 1.89. The van der Waals surface area contributed by atoms with E-state index in [-0.39, 0.29) is 19.6 Å². The second-order valence-electron chi connectivity index (χ2n) is 6.28. The molecule has 1 N–H and O–H groups in total. The Morgan fingerprint density at radius 2 is 1.86 bits per heavy atom. The highest BCUT2D eigenvalue weighted by molar-refractivity contribution is 7.89. The minimum absolute atomic E-state index is 0.139. The highest BCUT2D eigenvalue weighted by Gasteiger charge is 2.41. The van der Waals surface area contributed by atoms with Gasteiger partial charge in [0.1, 0.15) is 6.04 Å². The van der Waals surface area contributed by atoms with E-state index in [1.807, 2.05) is 0 Å². The number of anilines is 1. The minimum atomic E-state index is -4.60. The van der Waals surface area contributed by atoms with Crippen molar-refractivity contribution in [2.45, 2.75) is 17.1 Å². The Kier molecular flexibility index (Phi) is 5.10. The van der Waals surface area contributed by atoms with Crippen molar-refractivity contribution in [3.63, 3.8) is 0 Å². The number of hydrogen-bond acceptors (Lipinski definition) is 5. The Morgan fingerprint density at radius 3 is 2.36 bits per heavy atom. The summed E-state index contributed by atoms with van der Waals surface area (Å²) in [5.74, 6) is -0.854. The first-order chi connectivity index (χ1) is 13.0. The number of aryl methyl sites for hydroxylation is 1. The summed E-state index contributed by atoms with van der Waals surface area (Å²) < 4.78 is 66.3. The van der Waals surface area contributed by atoms with Crippen molar-refractivity contribution in [3.8, 4) is 0 Å². The van der Waals surface area contributed by atoms with Gasteiger partial charge in [-0.3, -0.25) is 4.79 Å². The van der Waals surface area contributed by atoms with Crippen LogP contribution < -0.4 is 4.90 Å². The maximum atomic E-state index is 12.9. The molecule has 1 aromatic carbocycles. The van der Waals surface area contributed by atoms with E-state index in [9.17, 15) is 31.5 Å². The van der Waals surface area contributed by atoms with Crippen LogP contribution in [0.5, 0.6) is 0 Å². The summed E-state index contributed by atoms with van der Waals surface area (Å²) in [6.45, 7) is -0.0955. The first-order valence-corrected chi connectivity index (χ1v) is 9.60. The van der Waals surface area contributed by atoms with Crippen molar-refractivity contribution in [2.75, 3.05) is 24.5 Å². The van der Waals surface area contributed by atoms with Crippen LogP contribution in [0.15, 0.2) is 41.6 Å². The summed E-state index contributed by atoms with van der Waals surface area (Å²) in [5, 5.41) is 9.55. The summed E-state index contributed by atoms with van der Waals surface area (Å²) in [6, 6.07) is 1.59. The molecule has 3 rings (SSSR count). The van der Waals surface area contributed by atoms with Gasteiger partial charge in [0.25, 0.3) is 0 Å². The highest BCUT2D eigenvalue weighted by Crippen LogP contribution is 2.31. The molecule has 0 aliphatic carbocycles. The first-order valence-electron chi connectivity index (χ1n) is 8.16. The number of carboxylic acid groups (broad SMARTS) is 1. The second-order valence-corrected chi connectivity index (χ2v) is 8.17. The standard InChI is InChI=1S/C16H17F3N4O4S/c1-21-7-6-20-15(21)22-8-9-23(13(10-22)14(24)25)28(26,27)12-4-2-11(3-5-12)16(17,18)19/h2-7,13H,8-10H2,1H3,(H,24,25)/t13-/m1/s1. The number of alkyl halides is 3. The number of hydrogen-bond donors (Lipinski definition) is 1. The largest absolute Gasteiger partial charge is 0.480 e. The molecule has 0 amide bonds. The van der Waals surface area contributed by atoms with Gasteiger partial charge in [-0.1, -0.05) is 0 Å². The van der Waals surface area contributed by atoms with Crippen LogP contribution in [0.4, 0.5) is 19.1 Å². The van der Waals surface area contributed by atoms with Crippen LogP contribution in [-0.2, 0) is 28.0 Å². The lowest BCUT2D eigenvalue weighted by Gasteiger charge is -2.38. The molecule has 2 heterocycles. The zero-order valence-electron chi connectivity index (χ0n) is 14.7. The van der Waals surface area contributed by atoms with Gasteiger partial charge >= 0.3 is 12.1 Å². The van der Waals surface area contributed by atoms with Crippen molar-refractivity contribution < 1.29 is 31.5 Å². The lowest BCUT2D eigenvalue weighted by molar-refractivity contribution is -0.141. The van der Waals surface area contributed by atoms with Crippen molar-refractivity contribution in [2.24, 2.45) is 7.05 Å². The molecule has 0 radical (unpaired) electrons. The molecule has 1 aliphatic heterocycles. The quantitative estimate of drug-likeness (QED) is 0.807. The van der Waals surface area contributed by atoms with Crippen molar-refractivity contribution in [1.82, 2.24) is 13.9 Å². The normalized spacial score (nSPS) is 19.0. The minimum Gasteiger partial charge on any atom is -0.480 e. The molecule has 0 spiro atoms. The maximum Gasteiger partial charge on any atom is 0.416 e. The Labute approximate surface area is 158 Å². The third-order valence-electron chi connectivity index (χ3n) is 4.48. The third kappa shape index (κ3) is 3.69. The number of benzene rings is 1. The Morgan fingerprint density at radius 1 is 1.21 bits per heavy atom. The molecule has 1 aromatic heterocycles. The van der Waals surface area contributed by atoms with E-state index in [1.165, 1.54) is 6.20 Å². The van der Waals surface area contributed by atoms with Crippen LogP contribution >= 0.6 is 0 Å². The molecular weight excluding hydrogens is 401 g/mol. The number of imidazole rings is 1. The van der Waals surface area contributed by atoms with Gasteiger partial charge < -0.3 is 14.6 Å². The number of nitrogens with zero attached hydrogens (tertiary/aromatic N) is 4. The molecule has 1 fully saturated rings. The van der Waals surface area contributed by atoms with Crippen LogP contribution in [-0.4, -0.2) is 59.0 Å². The van der Waals surface area contributed by atoms with Gasteiger partial charge in [-0.2, -0.15) is 17.5 Å². The fourth-order valence-corrected chi connectivity index (χ4v) is 4.62. The molecule has 1 saturated heterocycles. The monoisotopic (exact) mass is 418 g/mol. The van der Waals surface area contributed by atoms with Crippen LogP contribution in [0.1, 0.15) is 5.56 Å². The number of carboxylic acids is 1. The molecule has 0 saturated carbocycles. The molecule has 1 aliphatic rings. The topological polar surface area (TPSA) is 95.7 Å². The lowest BCUT2D eigenvalue weighted by atomic mass is 10.2. The summed E-state index contributed by atoms with van der Waals surface area (Å²) in [7, 11) is -2.56. The molecule has 152 valence electrons. The van der Waals surface area contributed by atoms with Crippen LogP contribution in [0.25, 0.3) is 0 Å². The maximum absolute atomic E-state index is 12.9. The van der Waals surface area contributed by atoms with Gasteiger partial charge in [-0.15, -0.1) is 0 Å². The van der Waals surface area contributed by atoms with Crippen LogP contribution in [0.2, 0.25) is 0 Å². The molecule has 0 unspecified atom stereocenters. The molecule has 12 heteroatoms. The van der Waals surface area contributed by atoms with E-state index in [2.05, 4.69) is 4.98 Å². The number of halogens is 3. The number of aromatic nitrogens is 2. The number of rotatable bonds is 4. The molecule has 8 nitrogen and oxygen atoms in total. The average molecular weight is 418 g/mol. The predicted molar refractivity (Wildman–Crippen MR) is 92.2 cm³/mol. The van der Waals surface area contributed by atoms with Gasteiger partial charge in [0.2, 0.25) is 16.0 Å². The molecule has 0 bridgehead atoms. The highest BCUT2D eigenvalue weighted by atomic mass is 32.2. The van der Waals surface area contributed by atoms with E-state index >= 15 is 0 Å². The van der Waals surface area contributed by atoms with E-state index < -0.39 is 38.7 Å².